The molecule has 10 heteroatoms. The van der Waals surface area contributed by atoms with Gasteiger partial charge in [0.25, 0.3) is 0 Å². The normalized spacial score (nSPS) is 22.6. The van der Waals surface area contributed by atoms with Gasteiger partial charge in [-0.25, -0.2) is 0 Å². The number of methoxy groups -OCH3 is 1. The van der Waals surface area contributed by atoms with E-state index in [2.05, 4.69) is 16.0 Å². The Morgan fingerprint density at radius 2 is 1.87 bits per heavy atom. The summed E-state index contributed by atoms with van der Waals surface area (Å²) in [5.74, 6) is -1.06. The summed E-state index contributed by atoms with van der Waals surface area (Å²) in [7, 11) is 3.15. The van der Waals surface area contributed by atoms with Crippen LogP contribution in [-0.4, -0.2) is 72.4 Å². The minimum Gasteiger partial charge on any atom is -0.497 e. The Balaban J connectivity index is 2.12. The van der Waals surface area contributed by atoms with Crippen molar-refractivity contribution < 1.29 is 29.3 Å². The van der Waals surface area contributed by atoms with E-state index in [1.165, 1.54) is 6.08 Å². The maximum Gasteiger partial charge on any atom is 0.247 e. The summed E-state index contributed by atoms with van der Waals surface area (Å²) in [6.07, 6.45) is -1.10. The summed E-state index contributed by atoms with van der Waals surface area (Å²) in [5, 5.41) is 28.3. The van der Waals surface area contributed by atoms with Crippen molar-refractivity contribution in [3.8, 4) is 5.75 Å². The Labute approximate surface area is 180 Å². The molecule has 31 heavy (non-hydrogen) atoms. The summed E-state index contributed by atoms with van der Waals surface area (Å²) in [6.45, 7) is 1.63. The second-order valence-electron chi connectivity index (χ2n) is 7.48. The molecule has 2 rings (SSSR count). The number of carbonyl (C=O) groups is 3. The van der Waals surface area contributed by atoms with E-state index in [0.29, 0.717) is 5.75 Å². The van der Waals surface area contributed by atoms with Crippen LogP contribution in [0.3, 0.4) is 0 Å². The Hall–Kier alpha value is -2.95. The van der Waals surface area contributed by atoms with E-state index in [9.17, 15) is 24.6 Å². The zero-order chi connectivity index (χ0) is 23.1. The van der Waals surface area contributed by atoms with E-state index in [1.54, 1.807) is 45.3 Å². The first kappa shape index (κ1) is 24.3. The first-order valence-corrected chi connectivity index (χ1v) is 9.93. The van der Waals surface area contributed by atoms with Crippen molar-refractivity contribution in [1.82, 2.24) is 16.0 Å². The summed E-state index contributed by atoms with van der Waals surface area (Å²) in [4.78, 5) is 36.8. The summed E-state index contributed by atoms with van der Waals surface area (Å²) < 4.78 is 5.10. The predicted octanol–water partition coefficient (Wildman–Crippen LogP) is -1.65. The Morgan fingerprint density at radius 3 is 2.42 bits per heavy atom. The molecule has 7 N–H and O–H groups in total. The molecule has 0 saturated heterocycles. The molecule has 0 aromatic heterocycles. The first-order chi connectivity index (χ1) is 14.7. The van der Waals surface area contributed by atoms with Crippen molar-refractivity contribution in [3.63, 3.8) is 0 Å². The largest absolute Gasteiger partial charge is 0.497 e. The Kier molecular flexibility index (Phi) is 8.55. The lowest BCUT2D eigenvalue weighted by Crippen LogP contribution is -2.54. The second kappa shape index (κ2) is 10.9. The molecule has 0 radical (unpaired) electrons. The van der Waals surface area contributed by atoms with E-state index in [1.807, 2.05) is 0 Å². The third-order valence-corrected chi connectivity index (χ3v) is 5.25. The lowest BCUT2D eigenvalue weighted by Gasteiger charge is -2.32. The number of aliphatic hydroxyl groups excluding tert-OH is 2. The van der Waals surface area contributed by atoms with E-state index < -0.39 is 48.1 Å². The number of hydrogen-bond acceptors (Lipinski definition) is 7. The molecular weight excluding hydrogens is 404 g/mol. The third-order valence-electron chi connectivity index (χ3n) is 5.25. The summed E-state index contributed by atoms with van der Waals surface area (Å²) in [6, 6.07) is 4.52. The van der Waals surface area contributed by atoms with E-state index >= 15 is 0 Å². The van der Waals surface area contributed by atoms with Gasteiger partial charge in [-0.05, 0) is 31.7 Å². The molecule has 0 saturated carbocycles. The van der Waals surface area contributed by atoms with Gasteiger partial charge in [-0.15, -0.1) is 0 Å². The van der Waals surface area contributed by atoms with E-state index in [-0.39, 0.29) is 18.4 Å². The third kappa shape index (κ3) is 6.51. The summed E-state index contributed by atoms with van der Waals surface area (Å²) >= 11 is 0. The van der Waals surface area contributed by atoms with Crippen LogP contribution in [0.5, 0.6) is 5.75 Å². The number of nitrogens with two attached hydrogens (primary N) is 1. The van der Waals surface area contributed by atoms with E-state index in [0.717, 1.165) is 5.56 Å². The quantitative estimate of drug-likeness (QED) is 0.271. The molecule has 3 amide bonds. The molecule has 10 nitrogen and oxygen atoms in total. The van der Waals surface area contributed by atoms with Gasteiger partial charge in [0.2, 0.25) is 17.7 Å². The molecule has 5 atom stereocenters. The first-order valence-electron chi connectivity index (χ1n) is 9.93. The monoisotopic (exact) mass is 434 g/mol. The lowest BCUT2D eigenvalue weighted by molar-refractivity contribution is -0.126. The molecule has 1 aliphatic carbocycles. The van der Waals surface area contributed by atoms with Gasteiger partial charge in [0.05, 0.1) is 25.3 Å². The second-order valence-corrected chi connectivity index (χ2v) is 7.48. The minimum atomic E-state index is -1.27. The molecule has 0 bridgehead atoms. The molecular formula is C21H30N4O6. The van der Waals surface area contributed by atoms with Crippen LogP contribution in [0.25, 0.3) is 0 Å². The van der Waals surface area contributed by atoms with Crippen LogP contribution < -0.4 is 26.4 Å². The standard InChI is InChI=1S/C21H30N4O6/c1-11(23-2)20(29)24-15-9-13(10-17(26)18(15)27)21(30)25-16(19(22)28)8-12-4-6-14(31-3)7-5-12/h4-7,9,11,15-18,23,26-27H,8,10H2,1-3H3,(H2,22,28)(H,24,29)(H,25,30)/t11-,15+,16-,17+,18+/m0/s1. The van der Waals surface area contributed by atoms with Gasteiger partial charge in [-0.3, -0.25) is 14.4 Å². The van der Waals surface area contributed by atoms with Crippen molar-refractivity contribution in [3.05, 3.63) is 41.5 Å². The highest BCUT2D eigenvalue weighted by Crippen LogP contribution is 2.20. The van der Waals surface area contributed by atoms with Crippen LogP contribution >= 0.6 is 0 Å². The van der Waals surface area contributed by atoms with Gasteiger partial charge in [0.1, 0.15) is 17.9 Å². The number of benzene rings is 1. The molecule has 1 aromatic rings. The van der Waals surface area contributed by atoms with Gasteiger partial charge in [-0.1, -0.05) is 18.2 Å². The molecule has 0 unspecified atom stereocenters. The van der Waals surface area contributed by atoms with Crippen molar-refractivity contribution in [2.24, 2.45) is 5.73 Å². The Bertz CT molecular complexity index is 826. The minimum absolute atomic E-state index is 0.130. The average Bonchev–Trinajstić information content (AvgIpc) is 2.75. The lowest BCUT2D eigenvalue weighted by atomic mass is 9.89. The Morgan fingerprint density at radius 1 is 1.23 bits per heavy atom. The van der Waals surface area contributed by atoms with Gasteiger partial charge >= 0.3 is 0 Å². The van der Waals surface area contributed by atoms with Crippen LogP contribution in [0.15, 0.2) is 35.9 Å². The number of likely N-dealkylation sites (N-methyl/N-ethyl adjacent to an activating group) is 1. The number of ether oxygens (including phenoxy) is 1. The van der Waals surface area contributed by atoms with Crippen molar-refractivity contribution in [1.29, 1.82) is 0 Å². The number of aliphatic hydroxyl groups is 2. The van der Waals surface area contributed by atoms with Gasteiger partial charge in [0.15, 0.2) is 0 Å². The SMILES string of the molecule is CN[C@@H](C)C(=O)N[C@@H]1C=C(C(=O)N[C@@H](Cc2ccc(OC)cc2)C(N)=O)C[C@@H](O)[C@@H]1O. The highest BCUT2D eigenvalue weighted by atomic mass is 16.5. The molecule has 0 heterocycles. The fourth-order valence-electron chi connectivity index (χ4n) is 3.16. The number of carbonyl (C=O) groups excluding carboxylic acids is 3. The number of hydrogen-bond donors (Lipinski definition) is 6. The van der Waals surface area contributed by atoms with Crippen LogP contribution in [0.4, 0.5) is 0 Å². The predicted molar refractivity (Wildman–Crippen MR) is 113 cm³/mol. The fourth-order valence-corrected chi connectivity index (χ4v) is 3.16. The number of nitrogens with one attached hydrogen (secondary N) is 3. The van der Waals surface area contributed by atoms with Gasteiger partial charge in [-0.2, -0.15) is 0 Å². The van der Waals surface area contributed by atoms with Crippen LogP contribution in [0, 0.1) is 0 Å². The molecule has 1 aliphatic rings. The van der Waals surface area contributed by atoms with E-state index in [4.69, 9.17) is 10.5 Å². The molecule has 1 aromatic carbocycles. The van der Waals surface area contributed by atoms with Gasteiger partial charge in [0, 0.05) is 18.4 Å². The van der Waals surface area contributed by atoms with Crippen molar-refractivity contribution in [2.45, 2.75) is 50.1 Å². The fraction of sp³-hybridized carbons (Fsp3) is 0.476. The maximum atomic E-state index is 12.8. The zero-order valence-corrected chi connectivity index (χ0v) is 17.8. The highest BCUT2D eigenvalue weighted by Gasteiger charge is 2.35. The van der Waals surface area contributed by atoms with Crippen LogP contribution in [-0.2, 0) is 20.8 Å². The topological polar surface area (TPSA) is 163 Å². The molecule has 170 valence electrons. The molecule has 0 spiro atoms. The highest BCUT2D eigenvalue weighted by molar-refractivity contribution is 5.97. The smallest absolute Gasteiger partial charge is 0.247 e. The zero-order valence-electron chi connectivity index (χ0n) is 17.8. The van der Waals surface area contributed by atoms with Crippen molar-refractivity contribution >= 4 is 17.7 Å². The van der Waals surface area contributed by atoms with Gasteiger partial charge < -0.3 is 36.6 Å². The maximum absolute atomic E-state index is 12.8. The summed E-state index contributed by atoms with van der Waals surface area (Å²) in [5.41, 5.74) is 6.37. The number of rotatable bonds is 9. The molecule has 0 aliphatic heterocycles. The number of amides is 3. The average molecular weight is 434 g/mol. The van der Waals surface area contributed by atoms with Crippen molar-refractivity contribution in [2.75, 3.05) is 14.2 Å². The van der Waals surface area contributed by atoms with Crippen LogP contribution in [0.1, 0.15) is 18.9 Å². The number of primary amides is 1. The molecule has 0 fully saturated rings. The van der Waals surface area contributed by atoms with Crippen LogP contribution in [0.2, 0.25) is 0 Å².